The predicted octanol–water partition coefficient (Wildman–Crippen LogP) is 4.43. The van der Waals surface area contributed by atoms with Crippen molar-refractivity contribution < 1.29 is 9.31 Å². The molecule has 0 bridgehead atoms. The number of non-ortho nitro benzene ring substituents is 1. The Morgan fingerprint density at radius 1 is 1.45 bits per heavy atom. The molecule has 2 aromatic rings. The van der Waals surface area contributed by atoms with Crippen LogP contribution in [0, 0.1) is 27.3 Å². The number of nitrogens with zero attached hydrogens (tertiary/aromatic N) is 2. The fraction of sp³-hybridized carbons (Fsp3) is 0. The average molecular weight is 309 g/mol. The van der Waals surface area contributed by atoms with E-state index in [0.29, 0.717) is 4.88 Å². The Morgan fingerprint density at radius 2 is 2.20 bits per heavy atom. The summed E-state index contributed by atoms with van der Waals surface area (Å²) in [6.07, 6.45) is 0. The van der Waals surface area contributed by atoms with Gasteiger partial charge in [0.05, 0.1) is 21.6 Å². The molecule has 2 rings (SSSR count). The minimum absolute atomic E-state index is 0.0396. The van der Waals surface area contributed by atoms with Gasteiger partial charge in [-0.25, -0.2) is 4.39 Å². The van der Waals surface area contributed by atoms with Gasteiger partial charge in [0.25, 0.3) is 5.69 Å². The van der Waals surface area contributed by atoms with E-state index >= 15 is 0 Å². The zero-order chi connectivity index (χ0) is 14.7. The van der Waals surface area contributed by atoms with Crippen molar-refractivity contribution in [2.45, 2.75) is 0 Å². The van der Waals surface area contributed by atoms with E-state index in [2.05, 4.69) is 0 Å². The van der Waals surface area contributed by atoms with Crippen molar-refractivity contribution in [3.8, 4) is 6.07 Å². The number of hydrogen-bond acceptors (Lipinski definition) is 4. The molecule has 1 aromatic heterocycles. The molecule has 100 valence electrons. The van der Waals surface area contributed by atoms with Crippen molar-refractivity contribution in [1.29, 1.82) is 5.26 Å². The van der Waals surface area contributed by atoms with Crippen LogP contribution >= 0.6 is 22.9 Å². The van der Waals surface area contributed by atoms with E-state index in [0.717, 1.165) is 12.1 Å². The maximum atomic E-state index is 13.9. The van der Waals surface area contributed by atoms with Crippen LogP contribution < -0.4 is 0 Å². The van der Waals surface area contributed by atoms with Crippen molar-refractivity contribution >= 4 is 39.2 Å². The van der Waals surface area contributed by atoms with Gasteiger partial charge in [0.2, 0.25) is 0 Å². The average Bonchev–Trinajstić information content (AvgIpc) is 2.93. The zero-order valence-electron chi connectivity index (χ0n) is 9.84. The molecule has 0 unspecified atom stereocenters. The SMILES string of the molecule is N#CC(=C(Cl)c1ccc([N+](=O)[O-])cc1F)c1cccs1. The lowest BCUT2D eigenvalue weighted by atomic mass is 10.1. The van der Waals surface area contributed by atoms with Crippen LogP contribution in [0.25, 0.3) is 10.6 Å². The van der Waals surface area contributed by atoms with Gasteiger partial charge in [-0.15, -0.1) is 11.3 Å². The molecule has 0 spiro atoms. The van der Waals surface area contributed by atoms with Crippen molar-refractivity contribution in [2.75, 3.05) is 0 Å². The third-order valence-electron chi connectivity index (χ3n) is 2.50. The number of hydrogen-bond donors (Lipinski definition) is 0. The normalized spacial score (nSPS) is 11.7. The van der Waals surface area contributed by atoms with Crippen molar-refractivity contribution in [2.24, 2.45) is 0 Å². The first-order chi connectivity index (χ1) is 9.54. The minimum atomic E-state index is -0.839. The Hall–Kier alpha value is -2.23. The van der Waals surface area contributed by atoms with E-state index in [-0.39, 0.29) is 21.9 Å². The number of thiophene rings is 1. The van der Waals surface area contributed by atoms with Crippen LogP contribution in [0.5, 0.6) is 0 Å². The van der Waals surface area contributed by atoms with Gasteiger partial charge in [-0.05, 0) is 17.5 Å². The van der Waals surface area contributed by atoms with Gasteiger partial charge < -0.3 is 0 Å². The van der Waals surface area contributed by atoms with E-state index in [4.69, 9.17) is 16.9 Å². The standard InChI is InChI=1S/C13H6ClFN2O2S/c14-13(10(7-16)12-2-1-5-20-12)9-4-3-8(17(18)19)6-11(9)15/h1-6H. The largest absolute Gasteiger partial charge is 0.272 e. The molecule has 0 saturated carbocycles. The monoisotopic (exact) mass is 308 g/mol. The summed E-state index contributed by atoms with van der Waals surface area (Å²) in [6.45, 7) is 0. The van der Waals surface area contributed by atoms with Gasteiger partial charge in [0.1, 0.15) is 11.9 Å². The van der Waals surface area contributed by atoms with Crippen LogP contribution in [0.1, 0.15) is 10.4 Å². The van der Waals surface area contributed by atoms with E-state index in [1.54, 1.807) is 17.5 Å². The lowest BCUT2D eigenvalue weighted by Gasteiger charge is -2.04. The highest BCUT2D eigenvalue weighted by Gasteiger charge is 2.17. The number of nitriles is 1. The van der Waals surface area contributed by atoms with Gasteiger partial charge >= 0.3 is 0 Å². The van der Waals surface area contributed by atoms with E-state index in [1.165, 1.54) is 17.4 Å². The Morgan fingerprint density at radius 3 is 2.70 bits per heavy atom. The topological polar surface area (TPSA) is 66.9 Å². The Bertz CT molecular complexity index is 735. The number of nitro benzene ring substituents is 1. The summed E-state index contributed by atoms with van der Waals surface area (Å²) >= 11 is 7.35. The van der Waals surface area contributed by atoms with Crippen molar-refractivity contribution in [3.05, 3.63) is 62.1 Å². The van der Waals surface area contributed by atoms with Gasteiger partial charge in [0.15, 0.2) is 0 Å². The van der Waals surface area contributed by atoms with Crippen LogP contribution in [0.15, 0.2) is 35.7 Å². The Balaban J connectivity index is 2.56. The molecule has 1 heterocycles. The number of rotatable bonds is 3. The molecule has 0 aliphatic heterocycles. The lowest BCUT2D eigenvalue weighted by molar-refractivity contribution is -0.385. The molecule has 0 fully saturated rings. The third-order valence-corrected chi connectivity index (χ3v) is 3.78. The summed E-state index contributed by atoms with van der Waals surface area (Å²) in [6, 6.07) is 8.48. The van der Waals surface area contributed by atoms with Gasteiger partial charge in [-0.1, -0.05) is 17.7 Å². The summed E-state index contributed by atoms with van der Waals surface area (Å²) in [4.78, 5) is 10.5. The molecule has 4 nitrogen and oxygen atoms in total. The fourth-order valence-corrected chi connectivity index (χ4v) is 2.64. The molecule has 1 aromatic carbocycles. The zero-order valence-corrected chi connectivity index (χ0v) is 11.4. The number of benzene rings is 1. The second-order valence-corrected chi connectivity index (χ2v) is 5.03. The van der Waals surface area contributed by atoms with Crippen LogP contribution in [-0.4, -0.2) is 4.92 Å². The first kappa shape index (κ1) is 14.2. The highest BCUT2D eigenvalue weighted by atomic mass is 35.5. The maximum Gasteiger partial charge on any atom is 0.272 e. The van der Waals surface area contributed by atoms with Crippen LogP contribution in [0.3, 0.4) is 0 Å². The smallest absolute Gasteiger partial charge is 0.258 e. The number of allylic oxidation sites excluding steroid dienone is 1. The second kappa shape index (κ2) is 5.82. The molecule has 0 amide bonds. The molecule has 0 aliphatic rings. The Kier molecular flexibility index (Phi) is 4.13. The van der Waals surface area contributed by atoms with Crippen LogP contribution in [0.4, 0.5) is 10.1 Å². The molecule has 0 atom stereocenters. The first-order valence-electron chi connectivity index (χ1n) is 5.32. The predicted molar refractivity (Wildman–Crippen MR) is 75.7 cm³/mol. The maximum absolute atomic E-state index is 13.9. The molecule has 0 radical (unpaired) electrons. The third kappa shape index (κ3) is 2.69. The first-order valence-corrected chi connectivity index (χ1v) is 6.58. The molecule has 7 heteroatoms. The molecular formula is C13H6ClFN2O2S. The quantitative estimate of drug-likeness (QED) is 0.478. The lowest BCUT2D eigenvalue weighted by Crippen LogP contribution is -1.93. The summed E-state index contributed by atoms with van der Waals surface area (Å²) in [5.41, 5.74) is -0.276. The van der Waals surface area contributed by atoms with Crippen LogP contribution in [0.2, 0.25) is 0 Å². The van der Waals surface area contributed by atoms with Crippen molar-refractivity contribution in [3.63, 3.8) is 0 Å². The highest BCUT2D eigenvalue weighted by Crippen LogP contribution is 2.33. The molecule has 0 saturated heterocycles. The summed E-state index contributed by atoms with van der Waals surface area (Å²) < 4.78 is 13.9. The van der Waals surface area contributed by atoms with E-state index in [9.17, 15) is 14.5 Å². The summed E-state index contributed by atoms with van der Waals surface area (Å²) in [5, 5.41) is 21.4. The number of halogens is 2. The molecule has 0 aliphatic carbocycles. The minimum Gasteiger partial charge on any atom is -0.258 e. The number of nitro groups is 1. The van der Waals surface area contributed by atoms with Crippen molar-refractivity contribution in [1.82, 2.24) is 0 Å². The highest BCUT2D eigenvalue weighted by molar-refractivity contribution is 7.11. The van der Waals surface area contributed by atoms with Crippen LogP contribution in [-0.2, 0) is 0 Å². The Labute approximate surface area is 122 Å². The molecule has 20 heavy (non-hydrogen) atoms. The van der Waals surface area contributed by atoms with Gasteiger partial charge in [-0.2, -0.15) is 5.26 Å². The van der Waals surface area contributed by atoms with Gasteiger partial charge in [0, 0.05) is 16.5 Å². The summed E-state index contributed by atoms with van der Waals surface area (Å²) in [5.74, 6) is -0.839. The van der Waals surface area contributed by atoms with E-state index < -0.39 is 10.7 Å². The van der Waals surface area contributed by atoms with E-state index in [1.807, 2.05) is 6.07 Å². The molecule has 0 N–H and O–H groups in total. The fourth-order valence-electron chi connectivity index (χ4n) is 1.56. The second-order valence-electron chi connectivity index (χ2n) is 3.70. The molecular weight excluding hydrogens is 303 g/mol. The summed E-state index contributed by atoms with van der Waals surface area (Å²) in [7, 11) is 0. The van der Waals surface area contributed by atoms with Gasteiger partial charge in [-0.3, -0.25) is 10.1 Å².